The Hall–Kier alpha value is -2.50. The summed E-state index contributed by atoms with van der Waals surface area (Å²) in [5.74, 6) is -5.79. The molecule has 2 N–H and O–H groups in total. The molecule has 1 fully saturated rings. The van der Waals surface area contributed by atoms with Gasteiger partial charge in [-0.15, -0.1) is 0 Å². The fourth-order valence-corrected chi connectivity index (χ4v) is 4.98. The summed E-state index contributed by atoms with van der Waals surface area (Å²) in [4.78, 5) is 16.1. The number of pyridine rings is 1. The number of aliphatic hydroxyl groups is 1. The molecule has 2 heterocycles. The van der Waals surface area contributed by atoms with E-state index in [0.29, 0.717) is 11.3 Å². The van der Waals surface area contributed by atoms with Crippen LogP contribution in [0.25, 0.3) is 0 Å². The monoisotopic (exact) mass is 519 g/mol. The second-order valence-corrected chi connectivity index (χ2v) is 9.27. The minimum absolute atomic E-state index is 0.00442. The largest absolute Gasteiger partial charge is 0.493 e. The molecule has 0 radical (unpaired) electrons. The van der Waals surface area contributed by atoms with E-state index in [9.17, 15) is 26.7 Å². The molecular formula is C25H30F5NO5. The van der Waals surface area contributed by atoms with Crippen molar-refractivity contribution in [1.29, 1.82) is 0 Å². The van der Waals surface area contributed by atoms with Gasteiger partial charge in [0.15, 0.2) is 22.6 Å². The topological polar surface area (TPSA) is 80.8 Å². The zero-order chi connectivity index (χ0) is 27.0. The van der Waals surface area contributed by atoms with Crippen LogP contribution < -0.4 is 10.2 Å². The van der Waals surface area contributed by atoms with Crippen molar-refractivity contribution in [2.24, 2.45) is 5.92 Å². The molecule has 36 heavy (non-hydrogen) atoms. The Morgan fingerprint density at radius 1 is 1.28 bits per heavy atom. The predicted molar refractivity (Wildman–Crippen MR) is 121 cm³/mol. The van der Waals surface area contributed by atoms with Crippen LogP contribution in [0.1, 0.15) is 61.2 Å². The highest BCUT2D eigenvalue weighted by Crippen LogP contribution is 2.59. The molecule has 6 nitrogen and oxygen atoms in total. The fourth-order valence-electron chi connectivity index (χ4n) is 4.98. The van der Waals surface area contributed by atoms with Gasteiger partial charge in [-0.1, -0.05) is 19.9 Å². The number of ether oxygens (including phenoxy) is 3. The zero-order valence-electron chi connectivity index (χ0n) is 20.6. The molecule has 0 spiro atoms. The molecule has 1 unspecified atom stereocenters. The van der Waals surface area contributed by atoms with E-state index in [-0.39, 0.29) is 37.0 Å². The number of aryl methyl sites for hydroxylation is 1. The van der Waals surface area contributed by atoms with E-state index in [1.165, 1.54) is 19.1 Å². The smallest absolute Gasteiger partial charge is 0.417 e. The zero-order valence-corrected chi connectivity index (χ0v) is 20.6. The summed E-state index contributed by atoms with van der Waals surface area (Å²) in [6.07, 6.45) is -6.13. The van der Waals surface area contributed by atoms with Crippen LogP contribution in [-0.4, -0.2) is 48.8 Å². The highest BCUT2D eigenvalue weighted by Gasteiger charge is 2.65. The van der Waals surface area contributed by atoms with Crippen molar-refractivity contribution in [3.63, 3.8) is 0 Å². The van der Waals surface area contributed by atoms with Crippen LogP contribution in [0.15, 0.2) is 23.0 Å². The maximum atomic E-state index is 14.5. The highest BCUT2D eigenvalue weighted by molar-refractivity contribution is 5.42. The van der Waals surface area contributed by atoms with Crippen molar-refractivity contribution >= 4 is 0 Å². The second kappa shape index (κ2) is 10.5. The fraction of sp³-hybridized carbons (Fsp3) is 0.560. The molecule has 0 aliphatic carbocycles. The first-order valence-electron chi connectivity index (χ1n) is 11.5. The summed E-state index contributed by atoms with van der Waals surface area (Å²) in [5, 5.41) is 8.89. The lowest BCUT2D eigenvalue weighted by Gasteiger charge is -2.32. The molecule has 1 aromatic heterocycles. The summed E-state index contributed by atoms with van der Waals surface area (Å²) >= 11 is 0. The second-order valence-electron chi connectivity index (χ2n) is 9.27. The maximum Gasteiger partial charge on any atom is 0.417 e. The molecule has 1 saturated heterocycles. The van der Waals surface area contributed by atoms with Gasteiger partial charge in [0, 0.05) is 46.3 Å². The number of methoxy groups -OCH3 is 1. The van der Waals surface area contributed by atoms with Gasteiger partial charge in [0.2, 0.25) is 5.82 Å². The number of hydrogen-bond donors (Lipinski definition) is 2. The number of hydrogen-bond acceptors (Lipinski definition) is 5. The van der Waals surface area contributed by atoms with Crippen molar-refractivity contribution in [2.75, 3.05) is 26.9 Å². The molecule has 200 valence electrons. The van der Waals surface area contributed by atoms with E-state index in [1.807, 2.05) is 0 Å². The molecule has 1 aliphatic rings. The van der Waals surface area contributed by atoms with Crippen molar-refractivity contribution in [3.05, 3.63) is 62.6 Å². The van der Waals surface area contributed by atoms with E-state index < -0.39 is 52.5 Å². The number of aliphatic hydroxyl groups excluding tert-OH is 1. The molecule has 5 atom stereocenters. The van der Waals surface area contributed by atoms with Crippen LogP contribution in [0.4, 0.5) is 22.0 Å². The van der Waals surface area contributed by atoms with Crippen LogP contribution in [0.2, 0.25) is 0 Å². The number of aromatic nitrogens is 1. The Kier molecular flexibility index (Phi) is 8.17. The summed E-state index contributed by atoms with van der Waals surface area (Å²) in [6.45, 7) is 5.65. The summed E-state index contributed by atoms with van der Waals surface area (Å²) in [7, 11) is 1.10. The van der Waals surface area contributed by atoms with Gasteiger partial charge in [0.25, 0.3) is 0 Å². The van der Waals surface area contributed by atoms with Crippen LogP contribution >= 0.6 is 0 Å². The molecule has 2 aromatic rings. The average Bonchev–Trinajstić information content (AvgIpc) is 3.07. The number of H-pyrrole nitrogens is 1. The lowest BCUT2D eigenvalue weighted by atomic mass is 9.76. The van der Waals surface area contributed by atoms with E-state index >= 15 is 0 Å². The lowest BCUT2D eigenvalue weighted by molar-refractivity contribution is -0.275. The number of nitrogens with one attached hydrogen (secondary N) is 1. The molecule has 3 rings (SSSR count). The van der Waals surface area contributed by atoms with Crippen LogP contribution in [0.3, 0.4) is 0 Å². The van der Waals surface area contributed by atoms with Crippen LogP contribution in [0, 0.1) is 24.5 Å². The van der Waals surface area contributed by atoms with Gasteiger partial charge in [0.1, 0.15) is 6.10 Å². The predicted octanol–water partition coefficient (Wildman–Crippen LogP) is 4.89. The molecular weight excluding hydrogens is 489 g/mol. The maximum absolute atomic E-state index is 14.5. The number of rotatable bonds is 8. The Labute approximate surface area is 205 Å². The molecule has 11 heteroatoms. The molecule has 0 amide bonds. The third kappa shape index (κ3) is 4.88. The molecule has 0 bridgehead atoms. The van der Waals surface area contributed by atoms with Crippen LogP contribution in [0.5, 0.6) is 5.75 Å². The van der Waals surface area contributed by atoms with Crippen molar-refractivity contribution in [1.82, 2.24) is 4.98 Å². The van der Waals surface area contributed by atoms with E-state index in [4.69, 9.17) is 19.3 Å². The Bertz CT molecular complexity index is 1150. The van der Waals surface area contributed by atoms with Gasteiger partial charge in [-0.05, 0) is 19.9 Å². The Morgan fingerprint density at radius 2 is 1.94 bits per heavy atom. The number of halogens is 5. The SMILES string of the molecule is COc1c([C@H]2[C@H](c3cc(=O)c(C(C)COCCO)c(C)[nH]3)O[C@@](C)(C(F)(F)F)[C@H]2C)ccc(F)c1F. The summed E-state index contributed by atoms with van der Waals surface area (Å²) < 4.78 is 87.0. The molecule has 0 saturated carbocycles. The third-order valence-corrected chi connectivity index (χ3v) is 7.00. The summed E-state index contributed by atoms with van der Waals surface area (Å²) in [5.41, 5.74) is -2.23. The Morgan fingerprint density at radius 3 is 2.50 bits per heavy atom. The minimum atomic E-state index is -4.79. The van der Waals surface area contributed by atoms with Crippen molar-refractivity contribution in [2.45, 2.75) is 57.4 Å². The third-order valence-electron chi connectivity index (χ3n) is 7.00. The van der Waals surface area contributed by atoms with Crippen LogP contribution in [-0.2, 0) is 9.47 Å². The van der Waals surface area contributed by atoms with Crippen molar-refractivity contribution < 1.29 is 41.3 Å². The quantitative estimate of drug-likeness (QED) is 0.383. The molecule has 1 aliphatic heterocycles. The normalized spacial score (nSPS) is 25.2. The number of benzene rings is 1. The first-order chi connectivity index (χ1) is 16.8. The van der Waals surface area contributed by atoms with E-state index in [2.05, 4.69) is 4.98 Å². The van der Waals surface area contributed by atoms with E-state index in [1.54, 1.807) is 13.8 Å². The minimum Gasteiger partial charge on any atom is -0.493 e. The standard InChI is InChI=1S/C25H30F5NO5/c1-12(11-35-9-8-32)19-14(3)31-17(10-18(19)33)23-20(13(2)24(4,36-23)25(28,29)30)15-6-7-16(26)21(27)22(15)34-5/h6-7,10,12-13,20,23,32H,8-9,11H2,1-5H3,(H,31,33)/t12?,13-,20-,23-,24+/m0/s1. The molecule has 1 aromatic carbocycles. The Balaban J connectivity index is 2.15. The average molecular weight is 520 g/mol. The first kappa shape index (κ1) is 28.1. The summed E-state index contributed by atoms with van der Waals surface area (Å²) in [6, 6.07) is 3.17. The van der Waals surface area contributed by atoms with Gasteiger partial charge in [0.05, 0.1) is 26.9 Å². The first-order valence-corrected chi connectivity index (χ1v) is 11.5. The number of aromatic amines is 1. The van der Waals surface area contributed by atoms with Gasteiger partial charge < -0.3 is 24.3 Å². The highest BCUT2D eigenvalue weighted by atomic mass is 19.4. The van der Waals surface area contributed by atoms with Crippen molar-refractivity contribution in [3.8, 4) is 5.75 Å². The number of alkyl halides is 3. The van der Waals surface area contributed by atoms with E-state index in [0.717, 1.165) is 20.1 Å². The van der Waals surface area contributed by atoms with Gasteiger partial charge in [-0.25, -0.2) is 4.39 Å². The lowest BCUT2D eigenvalue weighted by Crippen LogP contribution is -2.46. The van der Waals surface area contributed by atoms with Gasteiger partial charge in [-0.3, -0.25) is 4.79 Å². The van der Waals surface area contributed by atoms with Gasteiger partial charge in [-0.2, -0.15) is 17.6 Å². The van der Waals surface area contributed by atoms with Gasteiger partial charge >= 0.3 is 6.18 Å².